The average Bonchev–Trinajstić information content (AvgIpc) is 2.79. The van der Waals surface area contributed by atoms with Crippen molar-refractivity contribution in [3.05, 3.63) is 102 Å². The van der Waals surface area contributed by atoms with Crippen LogP contribution in [0.15, 0.2) is 85.2 Å². The van der Waals surface area contributed by atoms with Gasteiger partial charge in [-0.1, -0.05) is 66.7 Å². The maximum atomic E-state index is 12.4. The minimum Gasteiger partial charge on any atom is -0.445 e. The number of aliphatic hydroxyl groups is 1. The third kappa shape index (κ3) is 7.85. The Labute approximate surface area is 183 Å². The Kier molecular flexibility index (Phi) is 8.58. The molecule has 0 aliphatic heterocycles. The molecule has 4 N–H and O–H groups in total. The second kappa shape index (κ2) is 11.8. The summed E-state index contributed by atoms with van der Waals surface area (Å²) in [5.74, 6) is 0. The molecule has 3 rings (SSSR count). The van der Waals surface area contributed by atoms with Crippen LogP contribution in [0.4, 0.5) is 4.79 Å². The van der Waals surface area contributed by atoms with Crippen LogP contribution in [0.3, 0.4) is 0 Å². The summed E-state index contributed by atoms with van der Waals surface area (Å²) in [6, 6.07) is 22.5. The monoisotopic (exact) mass is 419 g/mol. The second-order valence-corrected chi connectivity index (χ2v) is 7.63. The number of benzene rings is 2. The summed E-state index contributed by atoms with van der Waals surface area (Å²) in [6.45, 7) is 0.112. The van der Waals surface area contributed by atoms with Gasteiger partial charge >= 0.3 is 6.09 Å². The van der Waals surface area contributed by atoms with Crippen molar-refractivity contribution < 1.29 is 14.6 Å². The molecule has 0 radical (unpaired) electrons. The molecule has 6 nitrogen and oxygen atoms in total. The molecule has 3 aromatic rings. The number of hydrogen-bond donors (Lipinski definition) is 3. The van der Waals surface area contributed by atoms with Gasteiger partial charge < -0.3 is 20.9 Å². The van der Waals surface area contributed by atoms with Gasteiger partial charge in [-0.15, -0.1) is 0 Å². The van der Waals surface area contributed by atoms with E-state index in [-0.39, 0.29) is 12.6 Å². The first-order chi connectivity index (χ1) is 15.1. The van der Waals surface area contributed by atoms with Gasteiger partial charge in [-0.05, 0) is 36.5 Å². The number of ether oxygens (including phenoxy) is 1. The van der Waals surface area contributed by atoms with E-state index in [4.69, 9.17) is 10.5 Å². The molecule has 0 aliphatic rings. The van der Waals surface area contributed by atoms with Crippen molar-refractivity contribution in [1.82, 2.24) is 10.3 Å². The summed E-state index contributed by atoms with van der Waals surface area (Å²) in [5.41, 5.74) is 9.21. The van der Waals surface area contributed by atoms with Crippen LogP contribution in [-0.4, -0.2) is 34.4 Å². The van der Waals surface area contributed by atoms with E-state index < -0.39 is 18.2 Å². The molecule has 0 fully saturated rings. The quantitative estimate of drug-likeness (QED) is 0.469. The van der Waals surface area contributed by atoms with E-state index in [0.29, 0.717) is 19.3 Å². The molecule has 31 heavy (non-hydrogen) atoms. The molecule has 0 aliphatic carbocycles. The fraction of sp³-hybridized carbons (Fsp3) is 0.280. The summed E-state index contributed by atoms with van der Waals surface area (Å²) >= 11 is 0. The van der Waals surface area contributed by atoms with Gasteiger partial charge in [0.1, 0.15) is 6.61 Å². The minimum absolute atomic E-state index is 0.112. The third-order valence-corrected chi connectivity index (χ3v) is 5.04. The molecule has 0 bridgehead atoms. The lowest BCUT2D eigenvalue weighted by molar-refractivity contribution is 0.0921. The van der Waals surface area contributed by atoms with Gasteiger partial charge in [0, 0.05) is 24.0 Å². The molecular formula is C25H29N3O3. The summed E-state index contributed by atoms with van der Waals surface area (Å²) in [5, 5.41) is 13.7. The first-order valence-corrected chi connectivity index (χ1v) is 10.4. The van der Waals surface area contributed by atoms with Crippen molar-refractivity contribution in [1.29, 1.82) is 0 Å². The molecule has 0 spiro atoms. The summed E-state index contributed by atoms with van der Waals surface area (Å²) < 4.78 is 5.31. The largest absolute Gasteiger partial charge is 0.445 e. The van der Waals surface area contributed by atoms with Crippen LogP contribution in [0, 0.1) is 0 Å². The number of pyridine rings is 1. The lowest BCUT2D eigenvalue weighted by Crippen LogP contribution is -2.47. The number of aromatic nitrogens is 1. The number of rotatable bonds is 10. The zero-order valence-electron chi connectivity index (χ0n) is 17.4. The highest BCUT2D eigenvalue weighted by Gasteiger charge is 2.24. The maximum absolute atomic E-state index is 12.4. The van der Waals surface area contributed by atoms with Gasteiger partial charge in [-0.2, -0.15) is 0 Å². The summed E-state index contributed by atoms with van der Waals surface area (Å²) in [7, 11) is 0. The maximum Gasteiger partial charge on any atom is 0.407 e. The molecule has 2 aromatic carbocycles. The number of nitrogens with two attached hydrogens (primary N) is 1. The van der Waals surface area contributed by atoms with E-state index in [1.165, 1.54) is 0 Å². The minimum atomic E-state index is -0.815. The van der Waals surface area contributed by atoms with E-state index in [9.17, 15) is 9.90 Å². The van der Waals surface area contributed by atoms with Crippen molar-refractivity contribution in [3.8, 4) is 0 Å². The predicted octanol–water partition coefficient (Wildman–Crippen LogP) is 3.24. The molecule has 0 saturated heterocycles. The van der Waals surface area contributed by atoms with E-state index in [2.05, 4.69) is 10.3 Å². The number of aliphatic hydroxyl groups excluding tert-OH is 1. The Bertz CT molecular complexity index is 907. The first kappa shape index (κ1) is 22.5. The number of nitrogens with zero attached hydrogens (tertiary/aromatic N) is 1. The molecule has 0 saturated carbocycles. The molecule has 1 aromatic heterocycles. The molecule has 3 atom stereocenters. The van der Waals surface area contributed by atoms with Crippen molar-refractivity contribution in [3.63, 3.8) is 0 Å². The Morgan fingerprint density at radius 2 is 1.55 bits per heavy atom. The number of carbonyl (C=O) groups excluding carboxylic acids is 1. The smallest absolute Gasteiger partial charge is 0.407 e. The number of amides is 1. The lowest BCUT2D eigenvalue weighted by Gasteiger charge is -2.26. The molecule has 162 valence electrons. The Balaban J connectivity index is 1.59. The molecule has 0 unspecified atom stereocenters. The molecule has 1 amide bonds. The highest BCUT2D eigenvalue weighted by molar-refractivity contribution is 5.67. The lowest BCUT2D eigenvalue weighted by atomic mass is 9.94. The van der Waals surface area contributed by atoms with E-state index in [0.717, 1.165) is 16.7 Å². The SMILES string of the molecule is N[C@@H](Cc1ccccc1)C[C@H](O)[C@H](Cc1ccccc1)NC(=O)OCc1cccnc1. The number of carbonyl (C=O) groups is 1. The van der Waals surface area contributed by atoms with E-state index in [1.54, 1.807) is 18.5 Å². The van der Waals surface area contributed by atoms with Crippen LogP contribution in [0.2, 0.25) is 0 Å². The predicted molar refractivity (Wildman–Crippen MR) is 120 cm³/mol. The highest BCUT2D eigenvalue weighted by atomic mass is 16.5. The van der Waals surface area contributed by atoms with E-state index in [1.807, 2.05) is 66.7 Å². The van der Waals surface area contributed by atoms with Crippen LogP contribution in [0.1, 0.15) is 23.1 Å². The number of hydrogen-bond acceptors (Lipinski definition) is 5. The van der Waals surface area contributed by atoms with Crippen molar-refractivity contribution >= 4 is 6.09 Å². The van der Waals surface area contributed by atoms with Crippen molar-refractivity contribution in [2.45, 2.75) is 44.1 Å². The van der Waals surface area contributed by atoms with Crippen LogP contribution in [-0.2, 0) is 24.2 Å². The molecule has 6 heteroatoms. The zero-order valence-corrected chi connectivity index (χ0v) is 17.4. The fourth-order valence-corrected chi connectivity index (χ4v) is 3.45. The van der Waals surface area contributed by atoms with Gasteiger partial charge in [0.15, 0.2) is 0 Å². The third-order valence-electron chi connectivity index (χ3n) is 5.04. The van der Waals surface area contributed by atoms with Crippen molar-refractivity contribution in [2.75, 3.05) is 0 Å². The number of alkyl carbamates (subject to hydrolysis) is 1. The standard InChI is InChI=1S/C25H29N3O3/c26-22(14-19-8-3-1-4-9-19)16-24(29)23(15-20-10-5-2-6-11-20)28-25(30)31-18-21-12-7-13-27-17-21/h1-13,17,22-24,29H,14-16,18,26H2,(H,28,30)/t22-,23-,24-/m0/s1. The fourth-order valence-electron chi connectivity index (χ4n) is 3.45. The van der Waals surface area contributed by atoms with Crippen LogP contribution < -0.4 is 11.1 Å². The Hall–Kier alpha value is -3.22. The van der Waals surface area contributed by atoms with Gasteiger partial charge in [-0.25, -0.2) is 4.79 Å². The molecular weight excluding hydrogens is 390 g/mol. The van der Waals surface area contributed by atoms with Gasteiger partial charge in [0.2, 0.25) is 0 Å². The van der Waals surface area contributed by atoms with Gasteiger partial charge in [-0.3, -0.25) is 4.98 Å². The number of nitrogens with one attached hydrogen (secondary N) is 1. The molecule has 1 heterocycles. The van der Waals surface area contributed by atoms with Crippen LogP contribution >= 0.6 is 0 Å². The summed E-state index contributed by atoms with van der Waals surface area (Å²) in [4.78, 5) is 16.4. The van der Waals surface area contributed by atoms with Crippen molar-refractivity contribution in [2.24, 2.45) is 5.73 Å². The Morgan fingerprint density at radius 3 is 2.16 bits per heavy atom. The normalized spacial score (nSPS) is 13.7. The Morgan fingerprint density at radius 1 is 0.935 bits per heavy atom. The van der Waals surface area contributed by atoms with Gasteiger partial charge in [0.05, 0.1) is 12.1 Å². The van der Waals surface area contributed by atoms with Crippen LogP contribution in [0.5, 0.6) is 0 Å². The first-order valence-electron chi connectivity index (χ1n) is 10.4. The highest BCUT2D eigenvalue weighted by Crippen LogP contribution is 2.13. The average molecular weight is 420 g/mol. The second-order valence-electron chi connectivity index (χ2n) is 7.63. The van der Waals surface area contributed by atoms with Gasteiger partial charge in [0.25, 0.3) is 0 Å². The summed E-state index contributed by atoms with van der Waals surface area (Å²) in [6.07, 6.45) is 3.39. The van der Waals surface area contributed by atoms with E-state index >= 15 is 0 Å². The topological polar surface area (TPSA) is 97.5 Å². The van der Waals surface area contributed by atoms with Crippen LogP contribution in [0.25, 0.3) is 0 Å². The zero-order chi connectivity index (χ0) is 21.9.